The third-order valence-corrected chi connectivity index (χ3v) is 3.47. The van der Waals surface area contributed by atoms with Crippen molar-refractivity contribution in [1.29, 1.82) is 0 Å². The van der Waals surface area contributed by atoms with E-state index in [9.17, 15) is 0 Å². The molecule has 0 N–H and O–H groups in total. The molecule has 0 aromatic heterocycles. The number of benzene rings is 1. The molecule has 0 heteroatoms. The van der Waals surface area contributed by atoms with Crippen molar-refractivity contribution in [3.8, 4) is 0 Å². The zero-order valence-electron chi connectivity index (χ0n) is 11.0. The summed E-state index contributed by atoms with van der Waals surface area (Å²) >= 11 is 0. The molecule has 0 aliphatic heterocycles. The molecule has 1 aliphatic carbocycles. The molecule has 0 bridgehead atoms. The first-order valence-electron chi connectivity index (χ1n) is 6.21. The zero-order chi connectivity index (χ0) is 11.9. The van der Waals surface area contributed by atoms with Gasteiger partial charge in [-0.25, -0.2) is 0 Å². The zero-order valence-corrected chi connectivity index (χ0v) is 11.0. The van der Waals surface area contributed by atoms with E-state index in [1.807, 2.05) is 0 Å². The van der Waals surface area contributed by atoms with Gasteiger partial charge in [0.25, 0.3) is 0 Å². The molecule has 0 saturated carbocycles. The van der Waals surface area contributed by atoms with Gasteiger partial charge >= 0.3 is 0 Å². The van der Waals surface area contributed by atoms with E-state index in [1.54, 1.807) is 11.1 Å². The topological polar surface area (TPSA) is 0 Å². The standard InChI is InChI=1S/C16H21/c1-10(2)15-12(5)13-8-6-7-9-14(13)16(15)11(3)4/h6-11H,1-5H3. The predicted molar refractivity (Wildman–Crippen MR) is 71.1 cm³/mol. The Balaban J connectivity index is 2.62. The Labute approximate surface area is 99.4 Å². The van der Waals surface area contributed by atoms with Crippen molar-refractivity contribution in [2.45, 2.75) is 34.6 Å². The Morgan fingerprint density at radius 3 is 1.75 bits per heavy atom. The van der Waals surface area contributed by atoms with E-state index < -0.39 is 0 Å². The van der Waals surface area contributed by atoms with Crippen LogP contribution in [0.15, 0.2) is 29.8 Å². The summed E-state index contributed by atoms with van der Waals surface area (Å²) in [7, 11) is 0. The van der Waals surface area contributed by atoms with E-state index in [2.05, 4.69) is 58.9 Å². The fraction of sp³-hybridized carbons (Fsp3) is 0.438. The molecule has 0 heterocycles. The van der Waals surface area contributed by atoms with Crippen LogP contribution in [0.5, 0.6) is 0 Å². The first kappa shape index (κ1) is 11.4. The SMILES string of the molecule is C[C]1C(C(C)C)=C(C(C)C)c2ccccc21. The maximum atomic E-state index is 2.30. The Kier molecular flexibility index (Phi) is 2.92. The molecule has 0 nitrogen and oxygen atoms in total. The van der Waals surface area contributed by atoms with Gasteiger partial charge in [-0.1, -0.05) is 64.5 Å². The van der Waals surface area contributed by atoms with Crippen molar-refractivity contribution >= 4 is 5.57 Å². The molecule has 2 rings (SSSR count). The molecule has 0 spiro atoms. The summed E-state index contributed by atoms with van der Waals surface area (Å²) in [6.07, 6.45) is 0. The smallest absolute Gasteiger partial charge is 0.0280 e. The highest BCUT2D eigenvalue weighted by molar-refractivity contribution is 5.84. The largest absolute Gasteiger partial charge is 0.0619 e. The first-order chi connectivity index (χ1) is 7.54. The minimum atomic E-state index is 0.607. The van der Waals surface area contributed by atoms with Crippen molar-refractivity contribution in [2.75, 3.05) is 0 Å². The van der Waals surface area contributed by atoms with E-state index in [4.69, 9.17) is 0 Å². The molecular formula is C16H21. The monoisotopic (exact) mass is 213 g/mol. The van der Waals surface area contributed by atoms with Crippen LogP contribution < -0.4 is 0 Å². The number of allylic oxidation sites excluding steroid dienone is 2. The summed E-state index contributed by atoms with van der Waals surface area (Å²) in [5.74, 6) is 2.70. The summed E-state index contributed by atoms with van der Waals surface area (Å²) in [6, 6.07) is 8.81. The number of rotatable bonds is 2. The Hall–Kier alpha value is -1.04. The second-order valence-corrected chi connectivity index (χ2v) is 5.31. The van der Waals surface area contributed by atoms with Crippen LogP contribution in [0.1, 0.15) is 45.7 Å². The number of hydrogen-bond acceptors (Lipinski definition) is 0. The molecule has 1 aromatic carbocycles. The Morgan fingerprint density at radius 2 is 1.25 bits per heavy atom. The van der Waals surface area contributed by atoms with E-state index in [-0.39, 0.29) is 0 Å². The third kappa shape index (κ3) is 1.61. The van der Waals surface area contributed by atoms with E-state index in [1.165, 1.54) is 17.0 Å². The highest BCUT2D eigenvalue weighted by atomic mass is 14.3. The predicted octanol–water partition coefficient (Wildman–Crippen LogP) is 4.71. The summed E-state index contributed by atoms with van der Waals surface area (Å²) in [6.45, 7) is 11.5. The van der Waals surface area contributed by atoms with Gasteiger partial charge < -0.3 is 0 Å². The normalized spacial score (nSPS) is 16.4. The molecule has 0 fully saturated rings. The van der Waals surface area contributed by atoms with Crippen LogP contribution in [0.4, 0.5) is 0 Å². The minimum absolute atomic E-state index is 0.607. The van der Waals surface area contributed by atoms with E-state index in [0.29, 0.717) is 11.8 Å². The summed E-state index contributed by atoms with van der Waals surface area (Å²) in [5.41, 5.74) is 6.02. The Bertz CT molecular complexity index is 421. The van der Waals surface area contributed by atoms with Gasteiger partial charge in [0.2, 0.25) is 0 Å². The van der Waals surface area contributed by atoms with Gasteiger partial charge in [0.15, 0.2) is 0 Å². The van der Waals surface area contributed by atoms with Gasteiger partial charge in [-0.2, -0.15) is 0 Å². The lowest BCUT2D eigenvalue weighted by atomic mass is 9.87. The fourth-order valence-corrected chi connectivity index (χ4v) is 2.90. The van der Waals surface area contributed by atoms with Crippen LogP contribution in [-0.4, -0.2) is 0 Å². The second kappa shape index (κ2) is 4.08. The maximum absolute atomic E-state index is 2.30. The summed E-state index contributed by atoms with van der Waals surface area (Å²) in [5, 5.41) is 0. The van der Waals surface area contributed by atoms with Gasteiger partial charge in [-0.15, -0.1) is 0 Å². The second-order valence-electron chi connectivity index (χ2n) is 5.31. The fourth-order valence-electron chi connectivity index (χ4n) is 2.90. The quantitative estimate of drug-likeness (QED) is 0.667. The molecule has 1 aromatic rings. The van der Waals surface area contributed by atoms with Gasteiger partial charge in [0, 0.05) is 5.92 Å². The van der Waals surface area contributed by atoms with Crippen molar-refractivity contribution < 1.29 is 0 Å². The minimum Gasteiger partial charge on any atom is -0.0619 e. The van der Waals surface area contributed by atoms with Crippen LogP contribution in [0, 0.1) is 17.8 Å². The van der Waals surface area contributed by atoms with Crippen LogP contribution >= 0.6 is 0 Å². The van der Waals surface area contributed by atoms with Gasteiger partial charge in [-0.3, -0.25) is 0 Å². The van der Waals surface area contributed by atoms with Crippen LogP contribution in [0.2, 0.25) is 0 Å². The van der Waals surface area contributed by atoms with Crippen LogP contribution in [0.25, 0.3) is 5.57 Å². The lowest BCUT2D eigenvalue weighted by molar-refractivity contribution is 0.744. The van der Waals surface area contributed by atoms with Gasteiger partial charge in [0.1, 0.15) is 0 Å². The molecule has 85 valence electrons. The maximum Gasteiger partial charge on any atom is 0.0280 e. The van der Waals surface area contributed by atoms with E-state index in [0.717, 1.165) is 0 Å². The molecule has 1 aliphatic rings. The summed E-state index contributed by atoms with van der Waals surface area (Å²) in [4.78, 5) is 0. The van der Waals surface area contributed by atoms with Crippen molar-refractivity contribution in [2.24, 2.45) is 11.8 Å². The van der Waals surface area contributed by atoms with Crippen LogP contribution in [0.3, 0.4) is 0 Å². The molecular weight excluding hydrogens is 192 g/mol. The van der Waals surface area contributed by atoms with Gasteiger partial charge in [0.05, 0.1) is 0 Å². The highest BCUT2D eigenvalue weighted by Crippen LogP contribution is 2.46. The van der Waals surface area contributed by atoms with E-state index >= 15 is 0 Å². The molecule has 0 atom stereocenters. The summed E-state index contributed by atoms with van der Waals surface area (Å²) < 4.78 is 0. The number of hydrogen-bond donors (Lipinski definition) is 0. The average Bonchev–Trinajstić information content (AvgIpc) is 2.53. The molecule has 0 saturated heterocycles. The molecule has 0 unspecified atom stereocenters. The molecule has 1 radical (unpaired) electrons. The average molecular weight is 213 g/mol. The van der Waals surface area contributed by atoms with Crippen molar-refractivity contribution in [3.63, 3.8) is 0 Å². The van der Waals surface area contributed by atoms with Crippen molar-refractivity contribution in [1.82, 2.24) is 0 Å². The third-order valence-electron chi connectivity index (χ3n) is 3.47. The highest BCUT2D eigenvalue weighted by Gasteiger charge is 2.30. The lowest BCUT2D eigenvalue weighted by Crippen LogP contribution is -2.03. The molecule has 16 heavy (non-hydrogen) atoms. The number of fused-ring (bicyclic) bond motifs is 1. The Morgan fingerprint density at radius 1 is 0.750 bits per heavy atom. The molecule has 0 amide bonds. The lowest BCUT2D eigenvalue weighted by Gasteiger charge is -2.17. The van der Waals surface area contributed by atoms with Gasteiger partial charge in [-0.05, 0) is 28.5 Å². The van der Waals surface area contributed by atoms with Crippen LogP contribution in [-0.2, 0) is 0 Å². The van der Waals surface area contributed by atoms with Crippen molar-refractivity contribution in [3.05, 3.63) is 46.9 Å². The first-order valence-corrected chi connectivity index (χ1v) is 6.21.